The van der Waals surface area contributed by atoms with Gasteiger partial charge in [0.25, 0.3) is 0 Å². The number of rotatable bonds is 8. The van der Waals surface area contributed by atoms with Gasteiger partial charge in [0.15, 0.2) is 11.2 Å². The predicted octanol–water partition coefficient (Wildman–Crippen LogP) is 3.34. The van der Waals surface area contributed by atoms with Crippen LogP contribution in [-0.4, -0.2) is 66.2 Å². The number of nitrogens with zero attached hydrogens (tertiary/aromatic N) is 2. The molecule has 2 aliphatic rings. The summed E-state index contributed by atoms with van der Waals surface area (Å²) in [4.78, 5) is 5.31. The number of hydrogen-bond donors (Lipinski definition) is 3. The summed E-state index contributed by atoms with van der Waals surface area (Å²) >= 11 is 0. The van der Waals surface area contributed by atoms with Crippen molar-refractivity contribution in [2.45, 2.75) is 35.8 Å². The Kier molecular flexibility index (Phi) is 7.09. The smallest absolute Gasteiger partial charge is 0.401 e. The van der Waals surface area contributed by atoms with E-state index in [4.69, 9.17) is 15.2 Å². The molecule has 3 aromatic rings. The van der Waals surface area contributed by atoms with Gasteiger partial charge in [-0.3, -0.25) is 9.88 Å². The van der Waals surface area contributed by atoms with E-state index in [1.165, 1.54) is 26.6 Å². The topological polar surface area (TPSA) is 101 Å². The van der Waals surface area contributed by atoms with Crippen LogP contribution in [0.5, 0.6) is 11.5 Å². The maximum atomic E-state index is 13.3. The fourth-order valence-corrected chi connectivity index (χ4v) is 6.55. The summed E-state index contributed by atoms with van der Waals surface area (Å²) in [7, 11) is 2.78. The SMILES string of the molecule is COc1cncc2c1[C@]1(O)[C@H](O)[C@H](CN(C)CC(F)(F)F)[C@@H](c3ccccc3)[C@]1(c1ccc(CCN)cc1)O2. The molecule has 0 amide bonds. The van der Waals surface area contributed by atoms with E-state index < -0.39 is 41.9 Å². The van der Waals surface area contributed by atoms with E-state index in [0.717, 1.165) is 10.5 Å². The van der Waals surface area contributed by atoms with Crippen LogP contribution in [-0.2, 0) is 17.6 Å². The van der Waals surface area contributed by atoms with Gasteiger partial charge in [-0.15, -0.1) is 0 Å². The zero-order chi connectivity index (χ0) is 28.0. The van der Waals surface area contributed by atoms with E-state index in [-0.39, 0.29) is 23.6 Å². The molecule has 0 saturated heterocycles. The second-order valence-corrected chi connectivity index (χ2v) is 10.4. The number of fused-ring (bicyclic) bond motifs is 3. The molecule has 0 radical (unpaired) electrons. The fourth-order valence-electron chi connectivity index (χ4n) is 6.55. The van der Waals surface area contributed by atoms with Crippen LogP contribution in [0.4, 0.5) is 13.2 Å². The molecular weight excluding hydrogens is 511 g/mol. The molecule has 2 aromatic carbocycles. The van der Waals surface area contributed by atoms with E-state index in [2.05, 4.69) is 4.98 Å². The lowest BCUT2D eigenvalue weighted by molar-refractivity contribution is -0.155. The first-order chi connectivity index (χ1) is 18.6. The Morgan fingerprint density at radius 1 is 1.10 bits per heavy atom. The number of benzene rings is 2. The normalized spacial score (nSPS) is 27.8. The van der Waals surface area contributed by atoms with Gasteiger partial charge in [0.2, 0.25) is 0 Å². The van der Waals surface area contributed by atoms with Crippen molar-refractivity contribution in [3.8, 4) is 11.5 Å². The van der Waals surface area contributed by atoms with Crippen LogP contribution in [0.1, 0.15) is 28.2 Å². The molecule has 1 fully saturated rings. The van der Waals surface area contributed by atoms with Gasteiger partial charge in [-0.05, 0) is 36.7 Å². The molecule has 10 heteroatoms. The van der Waals surface area contributed by atoms with Gasteiger partial charge in [-0.1, -0.05) is 54.6 Å². The summed E-state index contributed by atoms with van der Waals surface area (Å²) in [6, 6.07) is 16.6. The van der Waals surface area contributed by atoms with Crippen molar-refractivity contribution in [1.29, 1.82) is 0 Å². The Balaban J connectivity index is 1.76. The average Bonchev–Trinajstić information content (AvgIpc) is 3.27. The summed E-state index contributed by atoms with van der Waals surface area (Å²) in [5.41, 5.74) is 4.54. The van der Waals surface area contributed by atoms with Crippen LogP contribution < -0.4 is 15.2 Å². The molecule has 1 aliphatic heterocycles. The molecule has 1 saturated carbocycles. The molecule has 4 N–H and O–H groups in total. The van der Waals surface area contributed by atoms with E-state index in [1.54, 1.807) is 0 Å². The second-order valence-electron chi connectivity index (χ2n) is 10.4. The lowest BCUT2D eigenvalue weighted by Gasteiger charge is -2.41. The van der Waals surface area contributed by atoms with Crippen molar-refractivity contribution < 1.29 is 32.9 Å². The maximum Gasteiger partial charge on any atom is 0.401 e. The quantitative estimate of drug-likeness (QED) is 0.401. The first-order valence-electron chi connectivity index (χ1n) is 12.8. The average molecular weight is 544 g/mol. The molecule has 5 rings (SSSR count). The zero-order valence-corrected chi connectivity index (χ0v) is 21.7. The van der Waals surface area contributed by atoms with E-state index in [1.807, 2.05) is 54.6 Å². The lowest BCUT2D eigenvalue weighted by atomic mass is 9.70. The molecule has 7 nitrogen and oxygen atoms in total. The van der Waals surface area contributed by atoms with Crippen molar-refractivity contribution in [2.75, 3.05) is 33.8 Å². The monoisotopic (exact) mass is 543 g/mol. The number of pyridine rings is 1. The number of halogens is 3. The third-order valence-corrected chi connectivity index (χ3v) is 7.96. The fraction of sp³-hybridized carbons (Fsp3) is 0.414. The summed E-state index contributed by atoms with van der Waals surface area (Å²) < 4.78 is 52.2. The Hall–Kier alpha value is -3.18. The highest BCUT2D eigenvalue weighted by molar-refractivity contribution is 5.59. The number of nitrogens with two attached hydrogens (primary N) is 1. The number of aliphatic hydroxyl groups is 2. The van der Waals surface area contributed by atoms with Gasteiger partial charge in [0.05, 0.1) is 37.7 Å². The van der Waals surface area contributed by atoms with Gasteiger partial charge >= 0.3 is 6.18 Å². The third kappa shape index (κ3) is 4.35. The van der Waals surface area contributed by atoms with E-state index >= 15 is 0 Å². The van der Waals surface area contributed by atoms with Gasteiger partial charge in [-0.25, -0.2) is 0 Å². The number of hydrogen-bond acceptors (Lipinski definition) is 7. The largest absolute Gasteiger partial charge is 0.495 e. The van der Waals surface area contributed by atoms with Crippen molar-refractivity contribution in [2.24, 2.45) is 11.7 Å². The highest BCUT2D eigenvalue weighted by Gasteiger charge is 2.76. The Bertz CT molecular complexity index is 1310. The van der Waals surface area contributed by atoms with Crippen LogP contribution in [0.3, 0.4) is 0 Å². The molecule has 2 heterocycles. The molecule has 208 valence electrons. The van der Waals surface area contributed by atoms with Crippen LogP contribution in [0.15, 0.2) is 67.0 Å². The molecule has 5 atom stereocenters. The van der Waals surface area contributed by atoms with E-state index in [0.29, 0.717) is 24.1 Å². The number of ether oxygens (including phenoxy) is 2. The maximum absolute atomic E-state index is 13.3. The molecule has 1 aromatic heterocycles. The minimum atomic E-state index is -4.43. The van der Waals surface area contributed by atoms with Gasteiger partial charge in [0.1, 0.15) is 11.5 Å². The van der Waals surface area contributed by atoms with Crippen LogP contribution in [0, 0.1) is 5.92 Å². The molecular formula is C29H32F3N3O4. The molecule has 0 bridgehead atoms. The van der Waals surface area contributed by atoms with Crippen molar-refractivity contribution in [3.05, 3.63) is 89.2 Å². The van der Waals surface area contributed by atoms with Crippen LogP contribution in [0.25, 0.3) is 0 Å². The van der Waals surface area contributed by atoms with Crippen molar-refractivity contribution in [3.63, 3.8) is 0 Å². The first-order valence-corrected chi connectivity index (χ1v) is 12.8. The van der Waals surface area contributed by atoms with E-state index in [9.17, 15) is 23.4 Å². The highest BCUT2D eigenvalue weighted by Crippen LogP contribution is 2.69. The predicted molar refractivity (Wildman–Crippen MR) is 138 cm³/mol. The second kappa shape index (κ2) is 10.1. The standard InChI is InChI=1S/C29H32F3N3O4/c1-35(17-27(30,31)32)16-21-24(19-6-4-3-5-7-19)29(20-10-8-18(9-11-20)12-13-33)28(37,26(21)36)25-22(38-2)14-34-15-23(25)39-29/h3-11,14-15,21,24,26,36-37H,12-13,16-17,33H2,1-2H3/t21-,24-,26-,28+,29+/m1/s1. The Morgan fingerprint density at radius 2 is 1.79 bits per heavy atom. The number of aromatic nitrogens is 1. The number of aliphatic hydroxyl groups excluding tert-OH is 1. The van der Waals surface area contributed by atoms with Crippen LogP contribution >= 0.6 is 0 Å². The molecule has 0 spiro atoms. The van der Waals surface area contributed by atoms with Crippen molar-refractivity contribution in [1.82, 2.24) is 9.88 Å². The third-order valence-electron chi connectivity index (χ3n) is 7.96. The number of methoxy groups -OCH3 is 1. The minimum absolute atomic E-state index is 0.151. The molecule has 1 aliphatic carbocycles. The van der Waals surface area contributed by atoms with Crippen LogP contribution in [0.2, 0.25) is 0 Å². The number of alkyl halides is 3. The molecule has 0 unspecified atom stereocenters. The zero-order valence-electron chi connectivity index (χ0n) is 21.7. The summed E-state index contributed by atoms with van der Waals surface area (Å²) in [6.45, 7) is -0.860. The van der Waals surface area contributed by atoms with Crippen molar-refractivity contribution >= 4 is 0 Å². The van der Waals surface area contributed by atoms with Gasteiger partial charge in [-0.2, -0.15) is 13.2 Å². The highest BCUT2D eigenvalue weighted by atomic mass is 19.4. The first kappa shape index (κ1) is 27.4. The Labute approximate surface area is 225 Å². The Morgan fingerprint density at radius 3 is 2.41 bits per heavy atom. The summed E-state index contributed by atoms with van der Waals surface area (Å²) in [6.07, 6.45) is -2.42. The molecule has 39 heavy (non-hydrogen) atoms. The van der Waals surface area contributed by atoms with Gasteiger partial charge in [0, 0.05) is 18.4 Å². The minimum Gasteiger partial charge on any atom is -0.495 e. The summed E-state index contributed by atoms with van der Waals surface area (Å²) in [5.74, 6) is -1.14. The van der Waals surface area contributed by atoms with Gasteiger partial charge < -0.3 is 25.4 Å². The lowest BCUT2D eigenvalue weighted by Crippen LogP contribution is -2.52. The summed E-state index contributed by atoms with van der Waals surface area (Å²) in [5, 5.41) is 24.7.